The molecule has 4 nitrogen and oxygen atoms in total. The highest BCUT2D eigenvalue weighted by Crippen LogP contribution is 2.10. The molecule has 2 aromatic heterocycles. The van der Waals surface area contributed by atoms with Crippen molar-refractivity contribution in [1.82, 2.24) is 14.8 Å². The molecule has 0 radical (unpaired) electrons. The van der Waals surface area contributed by atoms with Crippen molar-refractivity contribution in [3.63, 3.8) is 0 Å². The standard InChI is InChI=1S/C9H12N4S/c1-13-7-8(6-12-13)2-3-10-9-11-4-5-14-9/h4-7H,2-3H2,1H3,(H,10,11). The second-order valence-electron chi connectivity index (χ2n) is 3.04. The van der Waals surface area contributed by atoms with Crippen LogP contribution in [0.1, 0.15) is 5.56 Å². The van der Waals surface area contributed by atoms with Gasteiger partial charge in [0.1, 0.15) is 0 Å². The van der Waals surface area contributed by atoms with Gasteiger partial charge in [-0.1, -0.05) is 0 Å². The third-order valence-electron chi connectivity index (χ3n) is 1.88. The van der Waals surface area contributed by atoms with Crippen LogP contribution in [0.3, 0.4) is 0 Å². The van der Waals surface area contributed by atoms with E-state index in [4.69, 9.17) is 0 Å². The van der Waals surface area contributed by atoms with E-state index in [1.165, 1.54) is 5.56 Å². The predicted molar refractivity (Wildman–Crippen MR) is 57.5 cm³/mol. The fraction of sp³-hybridized carbons (Fsp3) is 0.333. The van der Waals surface area contributed by atoms with Crippen LogP contribution in [0.5, 0.6) is 0 Å². The zero-order valence-corrected chi connectivity index (χ0v) is 8.79. The maximum atomic E-state index is 4.14. The zero-order valence-electron chi connectivity index (χ0n) is 7.97. The van der Waals surface area contributed by atoms with E-state index >= 15 is 0 Å². The van der Waals surface area contributed by atoms with E-state index in [9.17, 15) is 0 Å². The quantitative estimate of drug-likeness (QED) is 0.828. The number of rotatable bonds is 4. The molecule has 0 spiro atoms. The summed E-state index contributed by atoms with van der Waals surface area (Å²) < 4.78 is 1.82. The highest BCUT2D eigenvalue weighted by Gasteiger charge is 1.97. The van der Waals surface area contributed by atoms with Crippen LogP contribution >= 0.6 is 11.3 Å². The number of nitrogens with zero attached hydrogens (tertiary/aromatic N) is 3. The number of nitrogens with one attached hydrogen (secondary N) is 1. The summed E-state index contributed by atoms with van der Waals surface area (Å²) in [6.45, 7) is 0.902. The molecule has 0 aliphatic rings. The summed E-state index contributed by atoms with van der Waals surface area (Å²) in [5, 5.41) is 10.3. The number of aromatic nitrogens is 3. The number of hydrogen-bond donors (Lipinski definition) is 1. The lowest BCUT2D eigenvalue weighted by Crippen LogP contribution is -2.03. The number of hydrogen-bond acceptors (Lipinski definition) is 4. The van der Waals surface area contributed by atoms with Crippen molar-refractivity contribution in [2.45, 2.75) is 6.42 Å². The molecule has 1 N–H and O–H groups in total. The molecule has 2 heterocycles. The van der Waals surface area contributed by atoms with E-state index in [2.05, 4.69) is 15.4 Å². The molecule has 0 bridgehead atoms. The first-order valence-corrected chi connectivity index (χ1v) is 5.33. The van der Waals surface area contributed by atoms with E-state index in [0.717, 1.165) is 18.1 Å². The molecule has 0 aromatic carbocycles. The molecule has 2 rings (SSSR count). The Hall–Kier alpha value is -1.36. The molecule has 0 atom stereocenters. The monoisotopic (exact) mass is 208 g/mol. The second kappa shape index (κ2) is 4.23. The van der Waals surface area contributed by atoms with E-state index in [0.29, 0.717) is 0 Å². The van der Waals surface area contributed by atoms with Crippen LogP contribution in [0, 0.1) is 0 Å². The highest BCUT2D eigenvalue weighted by atomic mass is 32.1. The van der Waals surface area contributed by atoms with Gasteiger partial charge in [0.15, 0.2) is 5.13 Å². The zero-order chi connectivity index (χ0) is 9.80. The fourth-order valence-corrected chi connectivity index (χ4v) is 1.78. The molecule has 0 fully saturated rings. The Balaban J connectivity index is 1.78. The highest BCUT2D eigenvalue weighted by molar-refractivity contribution is 7.13. The maximum Gasteiger partial charge on any atom is 0.182 e. The molecular formula is C9H12N4S. The van der Waals surface area contributed by atoms with Crippen molar-refractivity contribution in [3.05, 3.63) is 29.5 Å². The van der Waals surface area contributed by atoms with Crippen LogP contribution in [0.15, 0.2) is 24.0 Å². The second-order valence-corrected chi connectivity index (χ2v) is 3.93. The van der Waals surface area contributed by atoms with Gasteiger partial charge in [0.05, 0.1) is 6.20 Å². The average molecular weight is 208 g/mol. The van der Waals surface area contributed by atoms with Crippen LogP contribution in [-0.4, -0.2) is 21.3 Å². The van der Waals surface area contributed by atoms with E-state index < -0.39 is 0 Å². The first-order valence-electron chi connectivity index (χ1n) is 4.45. The van der Waals surface area contributed by atoms with Gasteiger partial charge in [-0.15, -0.1) is 11.3 Å². The summed E-state index contributed by atoms with van der Waals surface area (Å²) in [5.74, 6) is 0. The van der Waals surface area contributed by atoms with Crippen molar-refractivity contribution in [2.75, 3.05) is 11.9 Å². The van der Waals surface area contributed by atoms with Crippen LogP contribution in [0.25, 0.3) is 0 Å². The molecule has 14 heavy (non-hydrogen) atoms. The summed E-state index contributed by atoms with van der Waals surface area (Å²) in [5.41, 5.74) is 1.25. The Bertz CT molecular complexity index is 379. The molecule has 0 amide bonds. The molecule has 0 saturated carbocycles. The average Bonchev–Trinajstić information content (AvgIpc) is 2.77. The Morgan fingerprint density at radius 3 is 3.14 bits per heavy atom. The smallest absolute Gasteiger partial charge is 0.182 e. The van der Waals surface area contributed by atoms with Crippen molar-refractivity contribution in [2.24, 2.45) is 7.05 Å². The van der Waals surface area contributed by atoms with Gasteiger partial charge in [0, 0.05) is 31.4 Å². The molecule has 0 aliphatic heterocycles. The normalized spacial score (nSPS) is 10.4. The minimum atomic E-state index is 0.902. The molecule has 74 valence electrons. The number of aryl methyl sites for hydroxylation is 1. The summed E-state index contributed by atoms with van der Waals surface area (Å²) in [7, 11) is 1.93. The molecule has 0 aliphatic carbocycles. The lowest BCUT2D eigenvalue weighted by Gasteiger charge is -1.99. The first kappa shape index (κ1) is 9.21. The third-order valence-corrected chi connectivity index (χ3v) is 2.61. The minimum absolute atomic E-state index is 0.902. The van der Waals surface area contributed by atoms with Crippen molar-refractivity contribution >= 4 is 16.5 Å². The fourth-order valence-electron chi connectivity index (χ4n) is 1.23. The Labute approximate surface area is 86.6 Å². The molecule has 2 aromatic rings. The van der Waals surface area contributed by atoms with Crippen LogP contribution < -0.4 is 5.32 Å². The van der Waals surface area contributed by atoms with Gasteiger partial charge in [0.25, 0.3) is 0 Å². The van der Waals surface area contributed by atoms with Gasteiger partial charge in [-0.05, 0) is 12.0 Å². The first-order chi connectivity index (χ1) is 6.84. The molecule has 0 saturated heterocycles. The van der Waals surface area contributed by atoms with Gasteiger partial charge in [-0.2, -0.15) is 5.10 Å². The number of thiazole rings is 1. The molecule has 5 heteroatoms. The Morgan fingerprint density at radius 2 is 2.50 bits per heavy atom. The lowest BCUT2D eigenvalue weighted by atomic mass is 10.2. The van der Waals surface area contributed by atoms with E-state index in [1.54, 1.807) is 17.5 Å². The Kier molecular flexibility index (Phi) is 2.78. The van der Waals surface area contributed by atoms with Crippen molar-refractivity contribution in [3.8, 4) is 0 Å². The SMILES string of the molecule is Cn1cc(CCNc2nccs2)cn1. The van der Waals surface area contributed by atoms with Crippen LogP contribution in [0.4, 0.5) is 5.13 Å². The van der Waals surface area contributed by atoms with Crippen molar-refractivity contribution in [1.29, 1.82) is 0 Å². The summed E-state index contributed by atoms with van der Waals surface area (Å²) in [6, 6.07) is 0. The van der Waals surface area contributed by atoms with Gasteiger partial charge >= 0.3 is 0 Å². The van der Waals surface area contributed by atoms with E-state index in [1.807, 2.05) is 29.5 Å². The summed E-state index contributed by atoms with van der Waals surface area (Å²) in [4.78, 5) is 4.14. The Morgan fingerprint density at radius 1 is 1.57 bits per heavy atom. The largest absolute Gasteiger partial charge is 0.361 e. The molecule has 0 unspecified atom stereocenters. The maximum absolute atomic E-state index is 4.14. The van der Waals surface area contributed by atoms with Gasteiger partial charge < -0.3 is 5.32 Å². The van der Waals surface area contributed by atoms with Crippen LogP contribution in [-0.2, 0) is 13.5 Å². The minimum Gasteiger partial charge on any atom is -0.361 e. The summed E-state index contributed by atoms with van der Waals surface area (Å²) in [6.07, 6.45) is 6.71. The van der Waals surface area contributed by atoms with Crippen LogP contribution in [0.2, 0.25) is 0 Å². The van der Waals surface area contributed by atoms with Gasteiger partial charge in [0.2, 0.25) is 0 Å². The van der Waals surface area contributed by atoms with Gasteiger partial charge in [-0.25, -0.2) is 4.98 Å². The van der Waals surface area contributed by atoms with Gasteiger partial charge in [-0.3, -0.25) is 4.68 Å². The topological polar surface area (TPSA) is 42.7 Å². The predicted octanol–water partition coefficient (Wildman–Crippen LogP) is 1.53. The lowest BCUT2D eigenvalue weighted by molar-refractivity contribution is 0.767. The summed E-state index contributed by atoms with van der Waals surface area (Å²) >= 11 is 1.62. The number of anilines is 1. The molecular weight excluding hydrogens is 196 g/mol. The van der Waals surface area contributed by atoms with Crippen molar-refractivity contribution < 1.29 is 0 Å². The third kappa shape index (κ3) is 2.32. The van der Waals surface area contributed by atoms with E-state index in [-0.39, 0.29) is 0 Å².